The Kier molecular flexibility index (Phi) is 13.3. The maximum atomic E-state index is 14.3. The summed E-state index contributed by atoms with van der Waals surface area (Å²) >= 11 is -5.89. The first-order valence-corrected chi connectivity index (χ1v) is 37.3. The summed E-state index contributed by atoms with van der Waals surface area (Å²) in [6, 6.07) is 10.2. The van der Waals surface area contributed by atoms with E-state index in [4.69, 9.17) is 17.0 Å². The van der Waals surface area contributed by atoms with Crippen LogP contribution >= 0.6 is 17.0 Å². The Morgan fingerprint density at radius 1 is 0.453 bits per heavy atom. The van der Waals surface area contributed by atoms with Crippen molar-refractivity contribution >= 4 is 35.1 Å². The molecule has 0 fully saturated rings. The van der Waals surface area contributed by atoms with Crippen molar-refractivity contribution in [1.82, 2.24) is 0 Å². The number of rotatable bonds is 9. The zero-order chi connectivity index (χ0) is 48.2. The fourth-order valence-corrected chi connectivity index (χ4v) is 41.3. The minimum absolute atomic E-state index is 0.0951. The van der Waals surface area contributed by atoms with Gasteiger partial charge in [0.05, 0.1) is 0 Å². The topological polar surface area (TPSA) is 0 Å². The van der Waals surface area contributed by atoms with Crippen LogP contribution < -0.4 is 0 Å². The van der Waals surface area contributed by atoms with Crippen LogP contribution in [0.25, 0.3) is 34.4 Å². The van der Waals surface area contributed by atoms with Gasteiger partial charge >= 0.3 is 377 Å². The molecule has 2 aliphatic rings. The summed E-state index contributed by atoms with van der Waals surface area (Å²) in [5.74, 6) is -3.67. The zero-order valence-electron chi connectivity index (χ0n) is 36.8. The molecule has 6 rings (SSSR count). The van der Waals surface area contributed by atoms with Crippen molar-refractivity contribution in [3.63, 3.8) is 0 Å². The zero-order valence-corrected chi connectivity index (χ0v) is 41.9. The van der Waals surface area contributed by atoms with Crippen LogP contribution in [-0.2, 0) is 40.3 Å². The minimum atomic E-state index is -5.89. The normalized spacial score (nSPS) is 18.0. The molecule has 2 aliphatic carbocycles. The van der Waals surface area contributed by atoms with Crippen molar-refractivity contribution in [1.29, 1.82) is 0 Å². The van der Waals surface area contributed by atoms with Gasteiger partial charge in [0.2, 0.25) is 0 Å². The van der Waals surface area contributed by atoms with Crippen molar-refractivity contribution in [2.75, 3.05) is 0 Å². The molecule has 4 aromatic rings. The third-order valence-corrected chi connectivity index (χ3v) is 64.7. The van der Waals surface area contributed by atoms with Crippen LogP contribution in [0.5, 0.6) is 0 Å². The molecule has 2 atom stereocenters. The monoisotopic (exact) mass is 1040 g/mol. The van der Waals surface area contributed by atoms with Crippen molar-refractivity contribution < 1.29 is 68.2 Å². The summed E-state index contributed by atoms with van der Waals surface area (Å²) in [5, 5.41) is 0. The summed E-state index contributed by atoms with van der Waals surface area (Å²) in [4.78, 5) is 0. The summed E-state index contributed by atoms with van der Waals surface area (Å²) in [6.07, 6.45) is -16.8. The molecule has 16 heteroatoms. The van der Waals surface area contributed by atoms with Gasteiger partial charge in [-0.2, -0.15) is 0 Å². The average molecular weight is 1040 g/mol. The van der Waals surface area contributed by atoms with Gasteiger partial charge < -0.3 is 0 Å². The van der Waals surface area contributed by atoms with Gasteiger partial charge in [-0.05, 0) is 0 Å². The number of halogens is 14. The van der Waals surface area contributed by atoms with Crippen LogP contribution in [0.3, 0.4) is 0 Å². The average Bonchev–Trinajstić information content (AvgIpc) is 3.77. The van der Waals surface area contributed by atoms with Gasteiger partial charge in [0.15, 0.2) is 0 Å². The second-order valence-electron chi connectivity index (χ2n) is 18.8. The van der Waals surface area contributed by atoms with Crippen LogP contribution in [0.2, 0.25) is 13.1 Å². The van der Waals surface area contributed by atoms with Crippen molar-refractivity contribution in [3.8, 4) is 22.3 Å². The molecule has 2 unspecified atom stereocenters. The molecule has 4 aromatic carbocycles. The molecule has 0 amide bonds. The predicted molar refractivity (Wildman–Crippen MR) is 234 cm³/mol. The number of benzene rings is 4. The first kappa shape index (κ1) is 50.6. The predicted octanol–water partition coefficient (Wildman–Crippen LogP) is 18.2. The summed E-state index contributed by atoms with van der Waals surface area (Å²) in [5.41, 5.74) is -1.54. The van der Waals surface area contributed by atoms with E-state index < -0.39 is 75.7 Å². The van der Waals surface area contributed by atoms with E-state index in [1.165, 1.54) is 0 Å². The summed E-state index contributed by atoms with van der Waals surface area (Å²) in [6.45, 7) is 18.8. The van der Waals surface area contributed by atoms with Crippen LogP contribution in [0.15, 0.2) is 71.8 Å². The van der Waals surface area contributed by atoms with Gasteiger partial charge in [0.25, 0.3) is 0 Å². The van der Waals surface area contributed by atoms with E-state index in [0.29, 0.717) is 33.4 Å². The first-order chi connectivity index (χ1) is 29.1. The van der Waals surface area contributed by atoms with E-state index in [9.17, 15) is 52.7 Å². The molecule has 0 spiro atoms. The van der Waals surface area contributed by atoms with Crippen LogP contribution in [0, 0.1) is 11.8 Å². The van der Waals surface area contributed by atoms with Gasteiger partial charge in [-0.3, -0.25) is 0 Å². The molecule has 0 nitrogen and oxygen atoms in total. The number of hydrogen-bond donors (Lipinski definition) is 0. The molecule has 0 bridgehead atoms. The number of alkyl halides is 12. The molecule has 0 saturated heterocycles. The maximum absolute atomic E-state index is 14.3. The van der Waals surface area contributed by atoms with Crippen molar-refractivity contribution in [2.24, 2.45) is 11.8 Å². The first-order valence-electron chi connectivity index (χ1n) is 21.0. The van der Waals surface area contributed by atoms with Crippen molar-refractivity contribution in [3.05, 3.63) is 127 Å². The molecule has 0 saturated carbocycles. The molecule has 0 aliphatic heterocycles. The van der Waals surface area contributed by atoms with Gasteiger partial charge in [-0.15, -0.1) is 0 Å². The van der Waals surface area contributed by atoms with E-state index in [1.807, 2.05) is 65.1 Å². The van der Waals surface area contributed by atoms with Gasteiger partial charge in [0.1, 0.15) is 0 Å². The van der Waals surface area contributed by atoms with Gasteiger partial charge in [-0.25, -0.2) is 0 Å². The van der Waals surface area contributed by atoms with Crippen LogP contribution in [-0.4, -0.2) is 5.92 Å². The Morgan fingerprint density at radius 3 is 0.953 bits per heavy atom. The Morgan fingerprint density at radius 2 is 0.734 bits per heavy atom. The second-order valence-corrected chi connectivity index (χ2v) is 61.3. The van der Waals surface area contributed by atoms with E-state index in [-0.39, 0.29) is 58.1 Å². The number of fused-ring (bicyclic) bond motifs is 2. The number of allylic oxidation sites excluding steroid dienone is 2. The molecule has 0 heterocycles. The van der Waals surface area contributed by atoms with E-state index in [0.717, 1.165) is 35.4 Å². The van der Waals surface area contributed by atoms with Gasteiger partial charge in [-0.1, -0.05) is 0 Å². The molecule has 0 radical (unpaired) electrons. The Balaban J connectivity index is 1.73. The van der Waals surface area contributed by atoms with Crippen molar-refractivity contribution in [2.45, 2.75) is 112 Å². The third kappa shape index (κ3) is 8.77. The van der Waals surface area contributed by atoms with Crippen LogP contribution in [0.1, 0.15) is 130 Å². The van der Waals surface area contributed by atoms with Gasteiger partial charge in [0, 0.05) is 0 Å². The van der Waals surface area contributed by atoms with E-state index in [1.54, 1.807) is 39.8 Å². The van der Waals surface area contributed by atoms with E-state index >= 15 is 0 Å². The standard InChI is InChI=1S/2C23H21F6.C2H7Si.2ClH.Zr/c2*1-12(2)15-7-14-5-6-19(13(3)4)21(20(14)10-15)16-8-17(22(24,25)26)11-18(9-16)23(27,28)29;1-3-2;;;/h2*5-13H,1-4H3;3H,1-2H3;2*1H;/q;;;;;+2/p-2. The number of hydrogen-bond acceptors (Lipinski definition) is 0. The molecular weight excluding hydrogens is 995 g/mol. The molecule has 0 N–H and O–H groups in total. The fourth-order valence-electron chi connectivity index (χ4n) is 9.85. The third-order valence-electron chi connectivity index (χ3n) is 13.1. The Hall–Kier alpha value is -2.80. The second kappa shape index (κ2) is 16.8. The SMILES string of the molecule is CC(C)C1=Cc2c(ccc(C(C)C)c2-c2cc(C(F)(F)F)cc(C(F)(F)F)c2)[CH]1[Zr]([Cl])([Cl])([CH]1C(C(C)C)=Cc2c1ccc(C(C)C)c2-c1cc(C(F)(F)F)cc(C(F)(F)F)c1)[SiH](C)C. The molecule has 347 valence electrons. The van der Waals surface area contributed by atoms with Crippen LogP contribution in [0.4, 0.5) is 52.7 Å². The summed E-state index contributed by atoms with van der Waals surface area (Å²) in [7, 11) is 17.2. The Labute approximate surface area is 374 Å². The quantitative estimate of drug-likeness (QED) is 0.116. The molecule has 64 heavy (non-hydrogen) atoms. The fraction of sp³-hybridized carbons (Fsp3) is 0.417. The van der Waals surface area contributed by atoms with E-state index in [2.05, 4.69) is 0 Å². The Bertz CT molecular complexity index is 2320. The molecule has 0 aromatic heterocycles. The summed E-state index contributed by atoms with van der Waals surface area (Å²) < 4.78 is 171. The molecular formula is C48H49Cl2F12SiZr.